The van der Waals surface area contributed by atoms with Crippen molar-refractivity contribution in [1.82, 2.24) is 0 Å². The lowest BCUT2D eigenvalue weighted by Crippen LogP contribution is -2.13. The first-order valence-corrected chi connectivity index (χ1v) is 9.42. The number of hydrogen-bond acceptors (Lipinski definition) is 3. The van der Waals surface area contributed by atoms with Gasteiger partial charge in [0, 0.05) is 5.02 Å². The summed E-state index contributed by atoms with van der Waals surface area (Å²) in [4.78, 5) is 0.170. The van der Waals surface area contributed by atoms with E-state index in [1.807, 2.05) is 25.1 Å². The molecule has 0 spiro atoms. The Kier molecular flexibility index (Phi) is 4.97. The maximum Gasteiger partial charge on any atom is 0.262 e. The lowest BCUT2D eigenvalue weighted by molar-refractivity contribution is 0.485. The third-order valence-corrected chi connectivity index (χ3v) is 5.10. The Labute approximate surface area is 152 Å². The molecule has 0 unspecified atom stereocenters. The smallest absolute Gasteiger partial charge is 0.262 e. The standard InChI is InChI=1S/C19H16ClNO3S/c1-14-7-10-17(11-8-14)25(22,23)21-18-13-15(20)9-12-19(18)24-16-5-3-2-4-6-16/h2-13,21H,1H3. The molecule has 0 atom stereocenters. The molecule has 0 aromatic heterocycles. The van der Waals surface area contributed by atoms with Crippen LogP contribution in [0.4, 0.5) is 5.69 Å². The Bertz CT molecular complexity index is 971. The van der Waals surface area contributed by atoms with Crippen LogP contribution in [0.25, 0.3) is 0 Å². The molecule has 0 aliphatic carbocycles. The SMILES string of the molecule is Cc1ccc(S(=O)(=O)Nc2cc(Cl)ccc2Oc2ccccc2)cc1. The molecule has 0 saturated carbocycles. The second kappa shape index (κ2) is 7.17. The normalized spacial score (nSPS) is 11.1. The third kappa shape index (κ3) is 4.32. The summed E-state index contributed by atoms with van der Waals surface area (Å²) in [5.74, 6) is 0.965. The van der Waals surface area contributed by atoms with Crippen molar-refractivity contribution in [2.75, 3.05) is 4.72 Å². The Morgan fingerprint density at radius 1 is 0.920 bits per heavy atom. The number of halogens is 1. The number of nitrogens with one attached hydrogen (secondary N) is 1. The van der Waals surface area contributed by atoms with Crippen LogP contribution < -0.4 is 9.46 Å². The summed E-state index contributed by atoms with van der Waals surface area (Å²) in [6, 6.07) is 20.5. The van der Waals surface area contributed by atoms with Gasteiger partial charge in [0.05, 0.1) is 10.6 Å². The maximum atomic E-state index is 12.6. The maximum absolute atomic E-state index is 12.6. The van der Waals surface area contributed by atoms with Crippen molar-refractivity contribution in [2.24, 2.45) is 0 Å². The van der Waals surface area contributed by atoms with Crippen LogP contribution in [0.5, 0.6) is 11.5 Å². The quantitative estimate of drug-likeness (QED) is 0.665. The molecular weight excluding hydrogens is 358 g/mol. The zero-order valence-corrected chi connectivity index (χ0v) is 15.0. The first kappa shape index (κ1) is 17.3. The molecule has 4 nitrogen and oxygen atoms in total. The molecule has 0 radical (unpaired) electrons. The predicted octanol–water partition coefficient (Wildman–Crippen LogP) is 5.24. The lowest BCUT2D eigenvalue weighted by atomic mass is 10.2. The van der Waals surface area contributed by atoms with E-state index in [1.165, 1.54) is 6.07 Å². The largest absolute Gasteiger partial charge is 0.455 e. The molecule has 25 heavy (non-hydrogen) atoms. The minimum atomic E-state index is -3.75. The van der Waals surface area contributed by atoms with E-state index in [2.05, 4.69) is 4.72 Å². The first-order chi connectivity index (χ1) is 11.9. The Morgan fingerprint density at radius 2 is 1.60 bits per heavy atom. The highest BCUT2D eigenvalue weighted by Gasteiger charge is 2.17. The molecule has 6 heteroatoms. The van der Waals surface area contributed by atoms with Gasteiger partial charge in [0.2, 0.25) is 0 Å². The van der Waals surface area contributed by atoms with E-state index in [9.17, 15) is 8.42 Å². The monoisotopic (exact) mass is 373 g/mol. The van der Waals surface area contributed by atoms with Gasteiger partial charge in [0.1, 0.15) is 5.75 Å². The fraction of sp³-hybridized carbons (Fsp3) is 0.0526. The third-order valence-electron chi connectivity index (χ3n) is 3.49. The summed E-state index contributed by atoms with van der Waals surface area (Å²) in [5, 5.41) is 0.405. The van der Waals surface area contributed by atoms with E-state index >= 15 is 0 Å². The van der Waals surface area contributed by atoms with Gasteiger partial charge in [-0.05, 0) is 49.4 Å². The van der Waals surface area contributed by atoms with Crippen LogP contribution in [0.1, 0.15) is 5.56 Å². The number of para-hydroxylation sites is 1. The van der Waals surface area contributed by atoms with Gasteiger partial charge in [0.25, 0.3) is 10.0 Å². The van der Waals surface area contributed by atoms with E-state index < -0.39 is 10.0 Å². The highest BCUT2D eigenvalue weighted by molar-refractivity contribution is 7.92. The molecule has 0 aliphatic heterocycles. The molecule has 0 amide bonds. The number of sulfonamides is 1. The molecule has 0 fully saturated rings. The molecule has 3 rings (SSSR count). The minimum Gasteiger partial charge on any atom is -0.455 e. The molecule has 1 N–H and O–H groups in total. The molecule has 0 bridgehead atoms. The number of benzene rings is 3. The Hall–Kier alpha value is -2.50. The van der Waals surface area contributed by atoms with Crippen molar-refractivity contribution in [2.45, 2.75) is 11.8 Å². The lowest BCUT2D eigenvalue weighted by Gasteiger charge is -2.14. The number of hydrogen-bond donors (Lipinski definition) is 1. The topological polar surface area (TPSA) is 55.4 Å². The van der Waals surface area contributed by atoms with E-state index in [0.717, 1.165) is 5.56 Å². The Balaban J connectivity index is 1.93. The Morgan fingerprint density at radius 3 is 2.28 bits per heavy atom. The zero-order chi connectivity index (χ0) is 17.9. The zero-order valence-electron chi connectivity index (χ0n) is 13.4. The molecule has 0 saturated heterocycles. The van der Waals surface area contributed by atoms with Crippen molar-refractivity contribution in [3.05, 3.63) is 83.4 Å². The fourth-order valence-corrected chi connectivity index (χ4v) is 3.44. The van der Waals surface area contributed by atoms with Gasteiger partial charge >= 0.3 is 0 Å². The van der Waals surface area contributed by atoms with Crippen LogP contribution in [0.2, 0.25) is 5.02 Å². The molecule has 0 aliphatic rings. The van der Waals surface area contributed by atoms with Gasteiger partial charge in [-0.15, -0.1) is 0 Å². The summed E-state index contributed by atoms with van der Waals surface area (Å²) in [6.07, 6.45) is 0. The van der Waals surface area contributed by atoms with Gasteiger partial charge in [-0.3, -0.25) is 4.72 Å². The van der Waals surface area contributed by atoms with Crippen LogP contribution in [0.15, 0.2) is 77.7 Å². The van der Waals surface area contributed by atoms with E-state index in [-0.39, 0.29) is 10.6 Å². The van der Waals surface area contributed by atoms with Crippen molar-refractivity contribution in [3.63, 3.8) is 0 Å². The molecule has 3 aromatic rings. The number of ether oxygens (including phenoxy) is 1. The minimum absolute atomic E-state index is 0.170. The van der Waals surface area contributed by atoms with Crippen LogP contribution in [0, 0.1) is 6.92 Å². The summed E-state index contributed by atoms with van der Waals surface area (Å²) < 4.78 is 33.6. The van der Waals surface area contributed by atoms with Gasteiger partial charge in [-0.1, -0.05) is 47.5 Å². The van der Waals surface area contributed by atoms with Crippen LogP contribution in [-0.4, -0.2) is 8.42 Å². The van der Waals surface area contributed by atoms with Gasteiger partial charge in [-0.2, -0.15) is 0 Å². The van der Waals surface area contributed by atoms with Gasteiger partial charge in [0.15, 0.2) is 5.75 Å². The summed E-state index contributed by atoms with van der Waals surface area (Å²) in [7, 11) is -3.75. The average Bonchev–Trinajstić information content (AvgIpc) is 2.58. The molecular formula is C19H16ClNO3S. The van der Waals surface area contributed by atoms with Crippen LogP contribution in [0.3, 0.4) is 0 Å². The first-order valence-electron chi connectivity index (χ1n) is 7.56. The van der Waals surface area contributed by atoms with Crippen LogP contribution in [-0.2, 0) is 10.0 Å². The van der Waals surface area contributed by atoms with E-state index in [0.29, 0.717) is 16.5 Å². The summed E-state index contributed by atoms with van der Waals surface area (Å²) in [5.41, 5.74) is 1.26. The highest BCUT2D eigenvalue weighted by Crippen LogP contribution is 2.33. The fourth-order valence-electron chi connectivity index (χ4n) is 2.21. The van der Waals surface area contributed by atoms with E-state index in [4.69, 9.17) is 16.3 Å². The molecule has 0 heterocycles. The van der Waals surface area contributed by atoms with E-state index in [1.54, 1.807) is 48.5 Å². The molecule has 3 aromatic carbocycles. The summed E-state index contributed by atoms with van der Waals surface area (Å²) in [6.45, 7) is 1.90. The van der Waals surface area contributed by atoms with Crippen molar-refractivity contribution >= 4 is 27.3 Å². The van der Waals surface area contributed by atoms with Gasteiger partial charge in [-0.25, -0.2) is 8.42 Å². The average molecular weight is 374 g/mol. The van der Waals surface area contributed by atoms with Crippen molar-refractivity contribution in [3.8, 4) is 11.5 Å². The second-order valence-corrected chi connectivity index (χ2v) is 7.59. The number of anilines is 1. The van der Waals surface area contributed by atoms with Crippen LogP contribution >= 0.6 is 11.6 Å². The van der Waals surface area contributed by atoms with Crippen molar-refractivity contribution < 1.29 is 13.2 Å². The van der Waals surface area contributed by atoms with Gasteiger partial charge < -0.3 is 4.74 Å². The second-order valence-electron chi connectivity index (χ2n) is 5.47. The molecule has 128 valence electrons. The van der Waals surface area contributed by atoms with Crippen molar-refractivity contribution in [1.29, 1.82) is 0 Å². The highest BCUT2D eigenvalue weighted by atomic mass is 35.5. The number of rotatable bonds is 5. The predicted molar refractivity (Wildman–Crippen MR) is 100.0 cm³/mol. The number of aryl methyl sites for hydroxylation is 1. The summed E-state index contributed by atoms with van der Waals surface area (Å²) >= 11 is 6.03.